The molecule has 0 saturated heterocycles. The predicted molar refractivity (Wildman–Crippen MR) is 91.2 cm³/mol. The molecule has 0 spiro atoms. The lowest BCUT2D eigenvalue weighted by molar-refractivity contribution is -0.463. The average molecular weight is 618 g/mol. The lowest BCUT2D eigenvalue weighted by Crippen LogP contribution is -2.75. The SMILES string of the molecule is C=CC(=O)OCC(CCC(=O)OCC)C(F)(F)C(F)(F)C(F)(F)C(F)(F)C(F)(F)C(F)(F)C(F)(F)C(F)(F)F. The normalized spacial score (nSPS) is 15.5. The van der Waals surface area contributed by atoms with E-state index in [1.807, 2.05) is 0 Å². The molecule has 4 nitrogen and oxygen atoms in total. The van der Waals surface area contributed by atoms with E-state index >= 15 is 0 Å². The first-order valence-electron chi connectivity index (χ1n) is 9.72. The Morgan fingerprint density at radius 3 is 1.41 bits per heavy atom. The Labute approximate surface area is 206 Å². The van der Waals surface area contributed by atoms with Gasteiger partial charge in [0.05, 0.1) is 12.5 Å². The molecule has 1 unspecified atom stereocenters. The molecule has 0 aliphatic rings. The molecule has 0 bridgehead atoms. The van der Waals surface area contributed by atoms with Crippen molar-refractivity contribution in [2.24, 2.45) is 5.92 Å². The molecule has 0 rings (SSSR count). The van der Waals surface area contributed by atoms with Crippen molar-refractivity contribution in [3.8, 4) is 0 Å². The zero-order valence-electron chi connectivity index (χ0n) is 18.7. The van der Waals surface area contributed by atoms with Gasteiger partial charge < -0.3 is 9.47 Å². The van der Waals surface area contributed by atoms with E-state index in [2.05, 4.69) is 16.1 Å². The number of hydrogen-bond acceptors (Lipinski definition) is 4. The molecule has 0 saturated carbocycles. The van der Waals surface area contributed by atoms with Crippen LogP contribution in [-0.4, -0.2) is 72.8 Å². The lowest BCUT2D eigenvalue weighted by atomic mass is 9.84. The molecular formula is C18H15F17O4. The third kappa shape index (κ3) is 5.99. The number of halogens is 17. The van der Waals surface area contributed by atoms with Crippen molar-refractivity contribution in [1.82, 2.24) is 0 Å². The van der Waals surface area contributed by atoms with Crippen LogP contribution in [0, 0.1) is 5.92 Å². The van der Waals surface area contributed by atoms with E-state index < -0.39 is 91.5 Å². The molecule has 230 valence electrons. The standard InChI is InChI=1S/C18H15F17O4/c1-3-9(36)39-7-8(5-6-10(37)38-4-2)11(19,20)12(21,22)13(23,24)14(25,26)15(27,28)16(29,30)17(31,32)18(33,34)35/h3,8H,1,4-7H2,2H3. The lowest BCUT2D eigenvalue weighted by Gasteiger charge is -2.44. The zero-order valence-corrected chi connectivity index (χ0v) is 18.7. The van der Waals surface area contributed by atoms with Crippen LogP contribution in [0.1, 0.15) is 19.8 Å². The fraction of sp³-hybridized carbons (Fsp3) is 0.778. The maximum absolute atomic E-state index is 14.5. The van der Waals surface area contributed by atoms with Crippen molar-refractivity contribution in [3.05, 3.63) is 12.7 Å². The molecule has 0 amide bonds. The summed E-state index contributed by atoms with van der Waals surface area (Å²) in [7, 11) is 0. The highest BCUT2D eigenvalue weighted by Gasteiger charge is 2.95. The molecular weight excluding hydrogens is 603 g/mol. The number of ether oxygens (including phenoxy) is 2. The second kappa shape index (κ2) is 11.2. The van der Waals surface area contributed by atoms with Gasteiger partial charge in [-0.05, 0) is 13.3 Å². The fourth-order valence-corrected chi connectivity index (χ4v) is 2.57. The summed E-state index contributed by atoms with van der Waals surface area (Å²) < 4.78 is 237. The van der Waals surface area contributed by atoms with Crippen LogP contribution in [0.15, 0.2) is 12.7 Å². The van der Waals surface area contributed by atoms with Gasteiger partial charge in [-0.2, -0.15) is 74.6 Å². The molecule has 0 aliphatic carbocycles. The van der Waals surface area contributed by atoms with Crippen molar-refractivity contribution in [2.45, 2.75) is 67.4 Å². The van der Waals surface area contributed by atoms with Gasteiger partial charge in [0.2, 0.25) is 0 Å². The highest BCUT2D eigenvalue weighted by molar-refractivity contribution is 5.81. The molecule has 0 fully saturated rings. The minimum absolute atomic E-state index is 0.158. The number of carbonyl (C=O) groups is 2. The van der Waals surface area contributed by atoms with E-state index in [1.165, 1.54) is 0 Å². The molecule has 0 aromatic carbocycles. The number of esters is 2. The Bertz CT molecular complexity index is 895. The molecule has 39 heavy (non-hydrogen) atoms. The van der Waals surface area contributed by atoms with Crippen molar-refractivity contribution >= 4 is 11.9 Å². The van der Waals surface area contributed by atoms with Gasteiger partial charge >= 0.3 is 59.6 Å². The van der Waals surface area contributed by atoms with Crippen molar-refractivity contribution in [2.75, 3.05) is 13.2 Å². The van der Waals surface area contributed by atoms with E-state index in [-0.39, 0.29) is 6.08 Å². The van der Waals surface area contributed by atoms with Gasteiger partial charge in [-0.15, -0.1) is 0 Å². The largest absolute Gasteiger partial charge is 0.466 e. The molecule has 0 heterocycles. The Morgan fingerprint density at radius 1 is 0.667 bits per heavy atom. The summed E-state index contributed by atoms with van der Waals surface area (Å²) in [6.07, 6.45) is -11.0. The molecule has 21 heteroatoms. The fourth-order valence-electron chi connectivity index (χ4n) is 2.57. The summed E-state index contributed by atoms with van der Waals surface area (Å²) in [6, 6.07) is 0. The second-order valence-corrected chi connectivity index (χ2v) is 7.44. The smallest absolute Gasteiger partial charge is 0.460 e. The quantitative estimate of drug-likeness (QED) is 0.124. The highest BCUT2D eigenvalue weighted by Crippen LogP contribution is 2.64. The van der Waals surface area contributed by atoms with Gasteiger partial charge in [0.15, 0.2) is 0 Å². The van der Waals surface area contributed by atoms with Crippen LogP contribution < -0.4 is 0 Å². The molecule has 0 N–H and O–H groups in total. The maximum atomic E-state index is 14.5. The van der Waals surface area contributed by atoms with E-state index in [9.17, 15) is 84.2 Å². The van der Waals surface area contributed by atoms with E-state index in [0.717, 1.165) is 6.92 Å². The van der Waals surface area contributed by atoms with Gasteiger partial charge in [-0.25, -0.2) is 4.79 Å². The molecule has 0 aromatic heterocycles. The minimum Gasteiger partial charge on any atom is -0.466 e. The number of rotatable bonds is 14. The van der Waals surface area contributed by atoms with E-state index in [1.54, 1.807) is 0 Å². The Hall–Kier alpha value is -2.51. The minimum atomic E-state index is -8.77. The maximum Gasteiger partial charge on any atom is 0.460 e. The first kappa shape index (κ1) is 36.5. The van der Waals surface area contributed by atoms with Gasteiger partial charge in [0, 0.05) is 12.5 Å². The first-order chi connectivity index (χ1) is 17.1. The first-order valence-corrected chi connectivity index (χ1v) is 9.72. The van der Waals surface area contributed by atoms with Crippen molar-refractivity contribution in [1.29, 1.82) is 0 Å². The molecule has 0 aromatic rings. The summed E-state index contributed by atoms with van der Waals surface area (Å²) >= 11 is 0. The van der Waals surface area contributed by atoms with Crippen LogP contribution >= 0.6 is 0 Å². The van der Waals surface area contributed by atoms with Gasteiger partial charge in [-0.3, -0.25) is 4.79 Å². The Morgan fingerprint density at radius 2 is 1.05 bits per heavy atom. The highest BCUT2D eigenvalue weighted by atomic mass is 19.4. The third-order valence-corrected chi connectivity index (χ3v) is 4.85. The van der Waals surface area contributed by atoms with Crippen molar-refractivity contribution < 1.29 is 93.7 Å². The van der Waals surface area contributed by atoms with Crippen LogP contribution in [0.2, 0.25) is 0 Å². The summed E-state index contributed by atoms with van der Waals surface area (Å²) in [5.41, 5.74) is 0. The average Bonchev–Trinajstić information content (AvgIpc) is 2.77. The Balaban J connectivity index is 6.82. The topological polar surface area (TPSA) is 52.6 Å². The zero-order chi connectivity index (χ0) is 31.7. The predicted octanol–water partition coefficient (Wildman–Crippen LogP) is 6.68. The third-order valence-electron chi connectivity index (χ3n) is 4.85. The van der Waals surface area contributed by atoms with Crippen LogP contribution in [0.25, 0.3) is 0 Å². The monoisotopic (exact) mass is 618 g/mol. The Kier molecular flexibility index (Phi) is 10.4. The van der Waals surface area contributed by atoms with Gasteiger partial charge in [-0.1, -0.05) is 6.58 Å². The summed E-state index contributed by atoms with van der Waals surface area (Å²) in [4.78, 5) is 22.3. The molecule has 1 atom stereocenters. The molecule has 0 radical (unpaired) electrons. The summed E-state index contributed by atoms with van der Waals surface area (Å²) in [5, 5.41) is 0. The van der Waals surface area contributed by atoms with Crippen LogP contribution in [0.4, 0.5) is 74.6 Å². The number of carbonyl (C=O) groups excluding carboxylic acids is 2. The number of hydrogen-bond donors (Lipinski definition) is 0. The summed E-state index contributed by atoms with van der Waals surface area (Å²) in [5.74, 6) is -64.7. The van der Waals surface area contributed by atoms with E-state index in [0.29, 0.717) is 0 Å². The summed E-state index contributed by atoms with van der Waals surface area (Å²) in [6.45, 7) is 1.16. The van der Waals surface area contributed by atoms with Crippen LogP contribution in [-0.2, 0) is 19.1 Å². The van der Waals surface area contributed by atoms with Crippen LogP contribution in [0.3, 0.4) is 0 Å². The van der Waals surface area contributed by atoms with E-state index in [4.69, 9.17) is 0 Å². The van der Waals surface area contributed by atoms with Gasteiger partial charge in [0.25, 0.3) is 0 Å². The second-order valence-electron chi connectivity index (χ2n) is 7.44. The molecule has 0 aliphatic heterocycles. The van der Waals surface area contributed by atoms with Crippen molar-refractivity contribution in [3.63, 3.8) is 0 Å². The van der Waals surface area contributed by atoms with Crippen LogP contribution in [0.5, 0.6) is 0 Å². The number of alkyl halides is 17. The van der Waals surface area contributed by atoms with Gasteiger partial charge in [0.1, 0.15) is 6.61 Å².